The SMILES string of the molecule is Cc1cc2nc(N)nc(-c3ccccc3O)c2c(N=C=O)c1N. The minimum Gasteiger partial charge on any atom is -0.507 e. The highest BCUT2D eigenvalue weighted by molar-refractivity contribution is 6.06. The molecule has 5 N–H and O–H groups in total. The van der Waals surface area contributed by atoms with Crippen molar-refractivity contribution in [2.75, 3.05) is 11.5 Å². The van der Waals surface area contributed by atoms with Crippen LogP contribution in [0.3, 0.4) is 0 Å². The van der Waals surface area contributed by atoms with Crippen molar-refractivity contribution in [2.24, 2.45) is 4.99 Å². The van der Waals surface area contributed by atoms with Crippen molar-refractivity contribution in [1.29, 1.82) is 0 Å². The molecular weight excluding hydrogens is 294 g/mol. The molecule has 0 saturated heterocycles. The van der Waals surface area contributed by atoms with Crippen LogP contribution in [0.25, 0.3) is 22.2 Å². The maximum atomic E-state index is 10.8. The standard InChI is InChI=1S/C16H13N5O2/c1-8-6-10-12(15(13(8)17)19-7-22)14(21-16(18)20-10)9-4-2-3-5-11(9)23/h2-6,23H,17H2,1H3,(H2,18,20,21). The molecule has 0 bridgehead atoms. The molecule has 1 aromatic heterocycles. The molecule has 2 aromatic carbocycles. The number of phenolic OH excluding ortho intramolecular Hbond substituents is 1. The Bertz CT molecular complexity index is 978. The number of aromatic hydroxyl groups is 1. The number of fused-ring (bicyclic) bond motifs is 1. The molecule has 0 saturated carbocycles. The average Bonchev–Trinajstić information content (AvgIpc) is 2.51. The second-order valence-electron chi connectivity index (χ2n) is 5.00. The number of benzene rings is 2. The second-order valence-corrected chi connectivity index (χ2v) is 5.00. The summed E-state index contributed by atoms with van der Waals surface area (Å²) in [5, 5.41) is 10.6. The molecule has 0 radical (unpaired) electrons. The lowest BCUT2D eigenvalue weighted by Gasteiger charge is -2.13. The molecule has 0 amide bonds. The van der Waals surface area contributed by atoms with E-state index in [0.29, 0.717) is 33.4 Å². The van der Waals surface area contributed by atoms with Gasteiger partial charge in [0.05, 0.1) is 22.3 Å². The second kappa shape index (κ2) is 5.40. The molecule has 0 aliphatic heterocycles. The van der Waals surface area contributed by atoms with Crippen molar-refractivity contribution in [3.8, 4) is 17.0 Å². The summed E-state index contributed by atoms with van der Waals surface area (Å²) in [6.45, 7) is 1.77. The van der Waals surface area contributed by atoms with E-state index >= 15 is 0 Å². The number of carbonyl (C=O) groups excluding carboxylic acids is 1. The van der Waals surface area contributed by atoms with Gasteiger partial charge in [0.25, 0.3) is 0 Å². The first kappa shape index (κ1) is 14.5. The van der Waals surface area contributed by atoms with E-state index in [1.54, 1.807) is 31.2 Å². The molecule has 0 aliphatic carbocycles. The molecule has 114 valence electrons. The Kier molecular flexibility index (Phi) is 3.40. The summed E-state index contributed by atoms with van der Waals surface area (Å²) >= 11 is 0. The highest BCUT2D eigenvalue weighted by Crippen LogP contribution is 2.41. The highest BCUT2D eigenvalue weighted by Gasteiger charge is 2.18. The van der Waals surface area contributed by atoms with Gasteiger partial charge in [0.1, 0.15) is 11.4 Å². The Morgan fingerprint density at radius 3 is 2.65 bits per heavy atom. The van der Waals surface area contributed by atoms with Crippen LogP contribution in [0.4, 0.5) is 17.3 Å². The minimum atomic E-state index is 0.0204. The van der Waals surface area contributed by atoms with Gasteiger partial charge in [-0.3, -0.25) is 0 Å². The summed E-state index contributed by atoms with van der Waals surface area (Å²) in [5.41, 5.74) is 14.3. The number of rotatable bonds is 2. The zero-order valence-corrected chi connectivity index (χ0v) is 12.2. The van der Waals surface area contributed by atoms with Crippen molar-refractivity contribution < 1.29 is 9.90 Å². The van der Waals surface area contributed by atoms with Gasteiger partial charge < -0.3 is 16.6 Å². The van der Waals surface area contributed by atoms with Crippen molar-refractivity contribution in [3.05, 3.63) is 35.9 Å². The molecule has 1 heterocycles. The highest BCUT2D eigenvalue weighted by atomic mass is 16.3. The number of aliphatic imine (C=N–C) groups is 1. The monoisotopic (exact) mass is 307 g/mol. The van der Waals surface area contributed by atoms with Crippen LogP contribution in [-0.4, -0.2) is 21.2 Å². The largest absolute Gasteiger partial charge is 0.507 e. The number of nitrogens with zero attached hydrogens (tertiary/aromatic N) is 3. The predicted octanol–water partition coefficient (Wildman–Crippen LogP) is 2.44. The molecule has 0 aliphatic rings. The fraction of sp³-hybridized carbons (Fsp3) is 0.0625. The van der Waals surface area contributed by atoms with Crippen LogP contribution < -0.4 is 11.5 Å². The van der Waals surface area contributed by atoms with Crippen LogP contribution in [-0.2, 0) is 4.79 Å². The van der Waals surface area contributed by atoms with E-state index in [1.807, 2.05) is 0 Å². The van der Waals surface area contributed by atoms with Gasteiger partial charge in [0.15, 0.2) is 0 Å². The topological polar surface area (TPSA) is 127 Å². The van der Waals surface area contributed by atoms with E-state index in [0.717, 1.165) is 0 Å². The molecule has 0 unspecified atom stereocenters. The Balaban J connectivity index is 2.54. The van der Waals surface area contributed by atoms with E-state index < -0.39 is 0 Å². The van der Waals surface area contributed by atoms with Gasteiger partial charge in [-0.1, -0.05) is 12.1 Å². The molecule has 0 atom stereocenters. The average molecular weight is 307 g/mol. The smallest absolute Gasteiger partial charge is 0.240 e. The lowest BCUT2D eigenvalue weighted by molar-refractivity contribution is 0.477. The quantitative estimate of drug-likeness (QED) is 0.379. The third-order valence-electron chi connectivity index (χ3n) is 3.54. The molecule has 7 nitrogen and oxygen atoms in total. The van der Waals surface area contributed by atoms with Gasteiger partial charge in [0, 0.05) is 5.56 Å². The van der Waals surface area contributed by atoms with Crippen LogP contribution in [0, 0.1) is 6.92 Å². The third kappa shape index (κ3) is 2.35. The molecular formula is C16H13N5O2. The van der Waals surface area contributed by atoms with E-state index in [4.69, 9.17) is 11.5 Å². The number of nitrogens with two attached hydrogens (primary N) is 2. The van der Waals surface area contributed by atoms with E-state index in [1.165, 1.54) is 12.1 Å². The summed E-state index contributed by atoms with van der Waals surface area (Å²) < 4.78 is 0. The molecule has 7 heteroatoms. The number of isocyanates is 1. The molecule has 23 heavy (non-hydrogen) atoms. The summed E-state index contributed by atoms with van der Waals surface area (Å²) in [6, 6.07) is 8.38. The van der Waals surface area contributed by atoms with Crippen LogP contribution in [0.1, 0.15) is 5.56 Å². The molecule has 3 aromatic rings. The first-order valence-electron chi connectivity index (χ1n) is 6.75. The Morgan fingerprint density at radius 2 is 1.96 bits per heavy atom. The number of anilines is 2. The fourth-order valence-corrected chi connectivity index (χ4v) is 2.47. The predicted molar refractivity (Wildman–Crippen MR) is 88.0 cm³/mol. The van der Waals surface area contributed by atoms with Gasteiger partial charge >= 0.3 is 0 Å². The Hall–Kier alpha value is -3.44. The van der Waals surface area contributed by atoms with Crippen molar-refractivity contribution in [1.82, 2.24) is 9.97 Å². The van der Waals surface area contributed by atoms with E-state index in [-0.39, 0.29) is 17.4 Å². The van der Waals surface area contributed by atoms with E-state index in [2.05, 4.69) is 15.0 Å². The first-order chi connectivity index (χ1) is 11.0. The molecule has 3 rings (SSSR count). The maximum Gasteiger partial charge on any atom is 0.240 e. The fourth-order valence-electron chi connectivity index (χ4n) is 2.47. The third-order valence-corrected chi connectivity index (χ3v) is 3.54. The van der Waals surface area contributed by atoms with Crippen LogP contribution in [0.15, 0.2) is 35.3 Å². The Morgan fingerprint density at radius 1 is 1.22 bits per heavy atom. The van der Waals surface area contributed by atoms with Crippen molar-refractivity contribution in [3.63, 3.8) is 0 Å². The summed E-state index contributed by atoms with van der Waals surface area (Å²) in [5.74, 6) is 0.0630. The van der Waals surface area contributed by atoms with Crippen molar-refractivity contribution >= 4 is 34.3 Å². The van der Waals surface area contributed by atoms with Crippen LogP contribution >= 0.6 is 0 Å². The first-order valence-corrected chi connectivity index (χ1v) is 6.75. The maximum absolute atomic E-state index is 10.8. The number of aryl methyl sites for hydroxylation is 1. The summed E-state index contributed by atoms with van der Waals surface area (Å²) in [6.07, 6.45) is 1.50. The van der Waals surface area contributed by atoms with Gasteiger partial charge in [-0.25, -0.2) is 14.8 Å². The zero-order chi connectivity index (χ0) is 16.6. The Labute approximate surface area is 131 Å². The van der Waals surface area contributed by atoms with Gasteiger partial charge in [-0.2, -0.15) is 4.99 Å². The normalized spacial score (nSPS) is 10.5. The van der Waals surface area contributed by atoms with Gasteiger partial charge in [0.2, 0.25) is 12.0 Å². The van der Waals surface area contributed by atoms with Crippen LogP contribution in [0.2, 0.25) is 0 Å². The van der Waals surface area contributed by atoms with Gasteiger partial charge in [-0.05, 0) is 30.7 Å². The molecule has 0 spiro atoms. The van der Waals surface area contributed by atoms with Gasteiger partial charge in [-0.15, -0.1) is 0 Å². The van der Waals surface area contributed by atoms with Crippen molar-refractivity contribution in [2.45, 2.75) is 6.92 Å². The number of hydrogen-bond donors (Lipinski definition) is 3. The lowest BCUT2D eigenvalue weighted by atomic mass is 10.0. The van der Waals surface area contributed by atoms with Crippen LogP contribution in [0.5, 0.6) is 5.75 Å². The summed E-state index contributed by atoms with van der Waals surface area (Å²) in [7, 11) is 0. The minimum absolute atomic E-state index is 0.0204. The molecule has 0 fully saturated rings. The number of para-hydroxylation sites is 1. The number of phenols is 1. The summed E-state index contributed by atoms with van der Waals surface area (Å²) in [4.78, 5) is 22.9. The zero-order valence-electron chi connectivity index (χ0n) is 12.2. The van der Waals surface area contributed by atoms with E-state index in [9.17, 15) is 9.90 Å². The number of nitrogen functional groups attached to an aromatic ring is 2. The lowest BCUT2D eigenvalue weighted by Crippen LogP contribution is -2.01. The number of aromatic nitrogens is 2. The number of hydrogen-bond acceptors (Lipinski definition) is 7.